The Morgan fingerprint density at radius 2 is 0.763 bits per heavy atom. The second-order valence-corrected chi connectivity index (χ2v) is 7.27. The molecule has 0 aliphatic carbocycles. The molecule has 0 saturated carbocycles. The summed E-state index contributed by atoms with van der Waals surface area (Å²) in [7, 11) is 12.5. The molecule has 15 heteroatoms. The fourth-order valence-corrected chi connectivity index (χ4v) is 2.14. The second-order valence-electron chi connectivity index (χ2n) is 7.27. The molecule has 0 bridgehead atoms. The van der Waals surface area contributed by atoms with Gasteiger partial charge in [-0.3, -0.25) is 0 Å². The molecular formula is C23H48O13Rf2-4. The van der Waals surface area contributed by atoms with Gasteiger partial charge >= 0.3 is 0 Å². The Bertz CT molecular complexity index is 357. The van der Waals surface area contributed by atoms with E-state index in [4.69, 9.17) is 34.6 Å². The Hall–Kier alpha value is -2.52. The van der Waals surface area contributed by atoms with Crippen LogP contribution in [0.2, 0.25) is 0 Å². The summed E-state index contributed by atoms with van der Waals surface area (Å²) in [4.78, 5) is 0. The number of aliphatic hydroxyl groups is 6. The van der Waals surface area contributed by atoms with Crippen LogP contribution in [0.4, 0.5) is 0 Å². The summed E-state index contributed by atoms with van der Waals surface area (Å²) in [5.74, 6) is 0. The van der Waals surface area contributed by atoms with Crippen LogP contribution in [0.1, 0.15) is 19.3 Å². The van der Waals surface area contributed by atoms with Crippen molar-refractivity contribution in [3.05, 3.63) is 28.4 Å². The van der Waals surface area contributed by atoms with Crippen molar-refractivity contribution >= 4 is 0 Å². The fraction of sp³-hybridized carbons (Fsp3) is 0.826. The maximum absolute atomic E-state index is 9.29. The maximum Gasteiger partial charge on any atom is 0.0976 e. The number of aliphatic hydroxyl groups excluding tert-OH is 6. The fourth-order valence-electron chi connectivity index (χ4n) is 2.14. The predicted octanol–water partition coefficient (Wildman–Crippen LogP) is -1.16. The average molecular weight is 1070 g/mol. The number of hydrogen-bond acceptors (Lipinski definition) is 13. The first-order valence-electron chi connectivity index (χ1n) is 11.5. The third-order valence-electron chi connectivity index (χ3n) is 3.72. The van der Waals surface area contributed by atoms with Crippen molar-refractivity contribution in [1.29, 1.82) is 0 Å². The molecule has 0 rings (SSSR count). The van der Waals surface area contributed by atoms with E-state index < -0.39 is 24.4 Å². The van der Waals surface area contributed by atoms with Crippen molar-refractivity contribution < 1.29 is 63.8 Å². The maximum atomic E-state index is 9.29. The molecule has 0 aromatic carbocycles. The van der Waals surface area contributed by atoms with Gasteiger partial charge in [-0.25, -0.2) is 28.4 Å². The molecule has 0 spiro atoms. The van der Waals surface area contributed by atoms with E-state index in [1.807, 2.05) is 0 Å². The number of unbranched alkanes of at least 4 members (excludes halogenated alkanes) is 1. The summed E-state index contributed by atoms with van der Waals surface area (Å²) in [5.41, 5.74) is 0. The largest absolute Gasteiger partial charge is 0.553 e. The summed E-state index contributed by atoms with van der Waals surface area (Å²) in [6, 6.07) is 0. The molecule has 0 fully saturated rings. The molecule has 226 valence electrons. The van der Waals surface area contributed by atoms with Crippen molar-refractivity contribution in [1.82, 2.24) is 0 Å². The van der Waals surface area contributed by atoms with Crippen molar-refractivity contribution in [3.8, 4) is 0 Å². The summed E-state index contributed by atoms with van der Waals surface area (Å²) in [6.07, 6.45) is -0.0133. The molecule has 0 radical (unpaired) electrons. The Morgan fingerprint density at radius 3 is 1.08 bits per heavy atom. The molecule has 0 saturated heterocycles. The first kappa shape index (κ1) is 45.4. The third-order valence-corrected chi connectivity index (χ3v) is 3.72. The van der Waals surface area contributed by atoms with Crippen LogP contribution in [-0.2, 0) is 33.2 Å². The van der Waals surface area contributed by atoms with Gasteiger partial charge in [0.25, 0.3) is 0 Å². The zero-order valence-corrected chi connectivity index (χ0v) is 35.5. The van der Waals surface area contributed by atoms with Gasteiger partial charge in [-0.15, -0.1) is 0 Å². The van der Waals surface area contributed by atoms with E-state index in [0.717, 1.165) is 12.8 Å². The van der Waals surface area contributed by atoms with E-state index in [9.17, 15) is 10.2 Å². The minimum atomic E-state index is -0.649. The molecule has 0 aliphatic rings. The molecule has 0 aromatic rings. The smallest absolute Gasteiger partial charge is 0.0976 e. The van der Waals surface area contributed by atoms with Gasteiger partial charge in [-0.1, -0.05) is 0 Å². The van der Waals surface area contributed by atoms with Crippen LogP contribution in [0, 0.1) is 28.4 Å². The molecule has 0 heterocycles. The first-order chi connectivity index (χ1) is 17.3. The monoisotopic (exact) mass is 1070 g/mol. The van der Waals surface area contributed by atoms with Crippen molar-refractivity contribution in [3.63, 3.8) is 0 Å². The molecule has 4 atom stereocenters. The normalized spacial score (nSPS) is 13.4. The molecule has 0 aromatic heterocycles. The summed E-state index contributed by atoms with van der Waals surface area (Å²) in [5, 5.41) is 52.8. The van der Waals surface area contributed by atoms with Crippen LogP contribution in [0.5, 0.6) is 0 Å². The van der Waals surface area contributed by atoms with Crippen LogP contribution in [-0.4, -0.2) is 134 Å². The molecule has 38 heavy (non-hydrogen) atoms. The van der Waals surface area contributed by atoms with Gasteiger partial charge < -0.3 is 63.8 Å². The zero-order chi connectivity index (χ0) is 27.9. The van der Waals surface area contributed by atoms with E-state index >= 15 is 0 Å². The first-order valence-corrected chi connectivity index (χ1v) is 11.5. The summed E-state index contributed by atoms with van der Waals surface area (Å²) < 4.78 is 32.6. The third kappa shape index (κ3) is 43.5. The molecule has 4 unspecified atom stereocenters. The Labute approximate surface area is 215 Å². The predicted molar refractivity (Wildman–Crippen MR) is 130 cm³/mol. The van der Waals surface area contributed by atoms with Gasteiger partial charge in [-0.2, -0.15) is 0 Å². The van der Waals surface area contributed by atoms with E-state index in [1.54, 1.807) is 0 Å². The van der Waals surface area contributed by atoms with E-state index in [-0.39, 0.29) is 72.7 Å². The second kappa shape index (κ2) is 39.0. The molecule has 6 N–H and O–H groups in total. The van der Waals surface area contributed by atoms with E-state index in [0.29, 0.717) is 13.0 Å². The average Bonchev–Trinajstić information content (AvgIpc) is 2.83. The van der Waals surface area contributed by atoms with Gasteiger partial charge in [0, 0.05) is 33.0 Å². The zero-order valence-electron chi connectivity index (χ0n) is 22.7. The standard InChI is InChI=1S/C11H22O5.2C6H13O4.2Rf/c1-14-7-10(12)5-3-4-6-16-9-11(13)8-15-2;2*1-9-4-6(8)5-10-3-2-7;;/h10-13H,1-9H2;2*6-8H,1-5H2;;/q-2;2*-1;;. The van der Waals surface area contributed by atoms with Crippen LogP contribution < -0.4 is 0 Å². The topological polar surface area (TPSA) is 186 Å². The molecule has 13 nitrogen and oxygen atoms in total. The molecule has 0 aliphatic heterocycles. The van der Waals surface area contributed by atoms with Crippen molar-refractivity contribution in [2.45, 2.75) is 43.7 Å². The van der Waals surface area contributed by atoms with Crippen LogP contribution in [0.25, 0.3) is 0 Å². The van der Waals surface area contributed by atoms with E-state index in [2.05, 4.69) is 47.4 Å². The Kier molecular flexibility index (Phi) is 46.6. The summed E-state index contributed by atoms with van der Waals surface area (Å²) >= 11 is 0. The number of rotatable bonds is 23. The van der Waals surface area contributed by atoms with Gasteiger partial charge in [0.15, 0.2) is 0 Å². The quantitative estimate of drug-likeness (QED) is 0.0533. The Morgan fingerprint density at radius 1 is 0.447 bits per heavy atom. The molecular weight excluding hydrogens is 1020 g/mol. The van der Waals surface area contributed by atoms with Crippen LogP contribution >= 0.6 is 0 Å². The van der Waals surface area contributed by atoms with Crippen molar-refractivity contribution in [2.24, 2.45) is 0 Å². The van der Waals surface area contributed by atoms with Crippen LogP contribution in [0.15, 0.2) is 0 Å². The summed E-state index contributed by atoms with van der Waals surface area (Å²) in [6.45, 7) is 2.35. The minimum absolute atomic E-state index is 0. The Balaban J connectivity index is -0.000000146. The minimum Gasteiger partial charge on any atom is -0.553 e. The van der Waals surface area contributed by atoms with Gasteiger partial charge in [0.2, 0.25) is 0 Å². The van der Waals surface area contributed by atoms with Gasteiger partial charge in [0.05, 0.1) is 70.7 Å². The van der Waals surface area contributed by atoms with Crippen molar-refractivity contribution in [2.75, 3.05) is 79.3 Å². The van der Waals surface area contributed by atoms with Crippen LogP contribution in [0.3, 0.4) is 0 Å². The SMILES string of the molecule is [CH2-]OCC(O)CCCCOCC(O)CO[CH2-].[CH2-]OCC(O)COCCO.[CH2-]OCC(O)COCCO.[Rf].[Rf]. The number of hydrogen-bond donors (Lipinski definition) is 6. The van der Waals surface area contributed by atoms with Gasteiger partial charge in [0.1, 0.15) is 0 Å². The van der Waals surface area contributed by atoms with E-state index in [1.165, 1.54) is 0 Å². The van der Waals surface area contributed by atoms with Gasteiger partial charge in [-0.05, 0) is 19.3 Å². The number of ether oxygens (including phenoxy) is 7. The molecule has 0 amide bonds.